The number of halogens is 1. The number of carbonyl (C=O) groups excluding carboxylic acids is 2. The van der Waals surface area contributed by atoms with Crippen LogP contribution in [-0.2, 0) is 17.9 Å². The maximum Gasteiger partial charge on any atom is 0.251 e. The molecule has 1 saturated heterocycles. The molecule has 1 atom stereocenters. The second-order valence-corrected chi connectivity index (χ2v) is 8.37. The normalized spacial score (nSPS) is 15.2. The fraction of sp³-hybridized carbons (Fsp3) is 0.417. The van der Waals surface area contributed by atoms with Gasteiger partial charge in [0.15, 0.2) is 0 Å². The summed E-state index contributed by atoms with van der Waals surface area (Å²) < 4.78 is 13.1. The van der Waals surface area contributed by atoms with Crippen LogP contribution in [0.25, 0.3) is 0 Å². The van der Waals surface area contributed by atoms with E-state index in [1.807, 2.05) is 26.0 Å². The van der Waals surface area contributed by atoms with Crippen molar-refractivity contribution in [1.29, 1.82) is 0 Å². The highest BCUT2D eigenvalue weighted by atomic mass is 19.1. The largest absolute Gasteiger partial charge is 0.350 e. The van der Waals surface area contributed by atoms with Gasteiger partial charge in [-0.15, -0.1) is 0 Å². The number of nitrogens with one attached hydrogen (secondary N) is 3. The number of hydrogen-bond acceptors (Lipinski definition) is 2. The van der Waals surface area contributed by atoms with Crippen LogP contribution in [0.3, 0.4) is 0 Å². The lowest BCUT2D eigenvalue weighted by Crippen LogP contribution is -3.08. The number of hydrogen-bond donors (Lipinski definition) is 3. The lowest BCUT2D eigenvalue weighted by molar-refractivity contribution is -0.901. The first-order chi connectivity index (χ1) is 14.4. The van der Waals surface area contributed by atoms with Crippen LogP contribution in [0.5, 0.6) is 0 Å². The van der Waals surface area contributed by atoms with E-state index in [2.05, 4.69) is 22.8 Å². The molecule has 0 unspecified atom stereocenters. The Morgan fingerprint density at radius 1 is 0.967 bits per heavy atom. The second-order valence-electron chi connectivity index (χ2n) is 8.37. The average Bonchev–Trinajstić information content (AvgIpc) is 3.24. The number of rotatable bonds is 8. The second kappa shape index (κ2) is 10.3. The quantitative estimate of drug-likeness (QED) is 0.622. The van der Waals surface area contributed by atoms with Gasteiger partial charge in [0, 0.05) is 30.5 Å². The van der Waals surface area contributed by atoms with Crippen molar-refractivity contribution in [3.63, 3.8) is 0 Å². The standard InChI is InChI=1S/C24H30FN3O2/c1-17(2)22(27-23(29)20-9-11-21(25)12-10-20)24(30)26-15-18-5-7-19(8-6-18)16-28-13-3-4-14-28/h5-12,17,22H,3-4,13-16H2,1-2H3,(H,26,30)(H,27,29)/p+1/t22-/m0/s1. The molecular formula is C24H31FN3O2+. The van der Waals surface area contributed by atoms with Gasteiger partial charge in [0.05, 0.1) is 13.1 Å². The zero-order valence-corrected chi connectivity index (χ0v) is 17.7. The molecule has 0 saturated carbocycles. The van der Waals surface area contributed by atoms with Gasteiger partial charge >= 0.3 is 0 Å². The Bertz CT molecular complexity index is 844. The third-order valence-corrected chi connectivity index (χ3v) is 5.60. The molecule has 3 rings (SSSR count). The van der Waals surface area contributed by atoms with Gasteiger partial charge in [0.1, 0.15) is 18.4 Å². The third kappa shape index (κ3) is 6.13. The van der Waals surface area contributed by atoms with Gasteiger partial charge < -0.3 is 15.5 Å². The van der Waals surface area contributed by atoms with Crippen molar-refractivity contribution in [3.8, 4) is 0 Å². The first kappa shape index (κ1) is 22.0. The molecule has 0 bridgehead atoms. The Morgan fingerprint density at radius 3 is 2.17 bits per heavy atom. The van der Waals surface area contributed by atoms with E-state index in [-0.39, 0.29) is 11.8 Å². The van der Waals surface area contributed by atoms with E-state index in [0.717, 1.165) is 12.1 Å². The number of amides is 2. The minimum Gasteiger partial charge on any atom is -0.350 e. The molecule has 2 amide bonds. The third-order valence-electron chi connectivity index (χ3n) is 5.60. The van der Waals surface area contributed by atoms with Crippen LogP contribution in [-0.4, -0.2) is 30.9 Å². The van der Waals surface area contributed by atoms with Crippen LogP contribution >= 0.6 is 0 Å². The van der Waals surface area contributed by atoms with E-state index in [1.54, 1.807) is 4.90 Å². The summed E-state index contributed by atoms with van der Waals surface area (Å²) in [6, 6.07) is 13.0. The van der Waals surface area contributed by atoms with E-state index in [1.165, 1.54) is 55.8 Å². The molecule has 3 N–H and O–H groups in total. The van der Waals surface area contributed by atoms with E-state index < -0.39 is 17.8 Å². The average molecular weight is 413 g/mol. The topological polar surface area (TPSA) is 62.6 Å². The Kier molecular flexibility index (Phi) is 7.57. The first-order valence-corrected chi connectivity index (χ1v) is 10.7. The SMILES string of the molecule is CC(C)[C@H](NC(=O)c1ccc(F)cc1)C(=O)NCc1ccc(C[NH+]2CCCC2)cc1. The van der Waals surface area contributed by atoms with Crippen molar-refractivity contribution in [2.75, 3.05) is 13.1 Å². The summed E-state index contributed by atoms with van der Waals surface area (Å²) in [4.78, 5) is 26.7. The molecular weight excluding hydrogens is 381 g/mol. The molecule has 2 aromatic rings. The lowest BCUT2D eigenvalue weighted by Gasteiger charge is -2.22. The number of quaternary nitrogens is 1. The lowest BCUT2D eigenvalue weighted by atomic mass is 10.0. The predicted octanol–water partition coefficient (Wildman–Crippen LogP) is 2.08. The summed E-state index contributed by atoms with van der Waals surface area (Å²) >= 11 is 0. The van der Waals surface area contributed by atoms with E-state index in [4.69, 9.17) is 0 Å². The fourth-order valence-corrected chi connectivity index (χ4v) is 3.78. The summed E-state index contributed by atoms with van der Waals surface area (Å²) in [7, 11) is 0. The Hall–Kier alpha value is -2.73. The van der Waals surface area contributed by atoms with Crippen LogP contribution in [0.2, 0.25) is 0 Å². The molecule has 160 valence electrons. The minimum atomic E-state index is -0.666. The summed E-state index contributed by atoms with van der Waals surface area (Å²) in [5.74, 6) is -1.11. The number of likely N-dealkylation sites (tertiary alicyclic amines) is 1. The maximum atomic E-state index is 13.1. The van der Waals surface area contributed by atoms with E-state index in [0.29, 0.717) is 12.1 Å². The maximum absolute atomic E-state index is 13.1. The smallest absolute Gasteiger partial charge is 0.251 e. The highest BCUT2D eigenvalue weighted by Gasteiger charge is 2.24. The Labute approximate surface area is 177 Å². The summed E-state index contributed by atoms with van der Waals surface area (Å²) in [6.45, 7) is 7.72. The van der Waals surface area contributed by atoms with Crippen LogP contribution in [0.15, 0.2) is 48.5 Å². The molecule has 5 nitrogen and oxygen atoms in total. The van der Waals surface area contributed by atoms with Crippen LogP contribution in [0.1, 0.15) is 48.2 Å². The highest BCUT2D eigenvalue weighted by molar-refractivity contribution is 5.97. The van der Waals surface area contributed by atoms with Gasteiger partial charge in [-0.2, -0.15) is 0 Å². The summed E-state index contributed by atoms with van der Waals surface area (Å²) in [5.41, 5.74) is 2.66. The van der Waals surface area contributed by atoms with Crippen LogP contribution < -0.4 is 15.5 Å². The summed E-state index contributed by atoms with van der Waals surface area (Å²) in [5, 5.41) is 5.68. The van der Waals surface area contributed by atoms with Crippen molar-refractivity contribution >= 4 is 11.8 Å². The molecule has 30 heavy (non-hydrogen) atoms. The Balaban J connectivity index is 1.53. The zero-order chi connectivity index (χ0) is 21.5. The molecule has 1 aliphatic heterocycles. The van der Waals surface area contributed by atoms with Crippen LogP contribution in [0, 0.1) is 11.7 Å². The van der Waals surface area contributed by atoms with Crippen molar-refractivity contribution < 1.29 is 18.9 Å². The van der Waals surface area contributed by atoms with Gasteiger partial charge in [-0.3, -0.25) is 9.59 Å². The molecule has 1 heterocycles. The first-order valence-electron chi connectivity index (χ1n) is 10.7. The van der Waals surface area contributed by atoms with Crippen molar-refractivity contribution in [2.24, 2.45) is 5.92 Å². The molecule has 0 radical (unpaired) electrons. The van der Waals surface area contributed by atoms with Gasteiger partial charge in [-0.05, 0) is 35.7 Å². The van der Waals surface area contributed by atoms with Gasteiger partial charge in [0.2, 0.25) is 5.91 Å². The predicted molar refractivity (Wildman–Crippen MR) is 114 cm³/mol. The van der Waals surface area contributed by atoms with Gasteiger partial charge in [-0.25, -0.2) is 4.39 Å². The molecule has 0 aliphatic carbocycles. The monoisotopic (exact) mass is 412 g/mol. The van der Waals surface area contributed by atoms with Crippen LogP contribution in [0.4, 0.5) is 4.39 Å². The number of carbonyl (C=O) groups is 2. The van der Waals surface area contributed by atoms with Crippen molar-refractivity contribution in [3.05, 3.63) is 71.0 Å². The van der Waals surface area contributed by atoms with Crippen molar-refractivity contribution in [2.45, 2.75) is 45.8 Å². The van der Waals surface area contributed by atoms with Gasteiger partial charge in [0.25, 0.3) is 5.91 Å². The molecule has 0 aromatic heterocycles. The molecule has 0 spiro atoms. The van der Waals surface area contributed by atoms with E-state index >= 15 is 0 Å². The molecule has 2 aromatic carbocycles. The fourth-order valence-electron chi connectivity index (χ4n) is 3.78. The number of benzene rings is 2. The van der Waals surface area contributed by atoms with Crippen molar-refractivity contribution in [1.82, 2.24) is 10.6 Å². The molecule has 1 fully saturated rings. The minimum absolute atomic E-state index is 0.0831. The molecule has 1 aliphatic rings. The summed E-state index contributed by atoms with van der Waals surface area (Å²) in [6.07, 6.45) is 2.63. The van der Waals surface area contributed by atoms with Gasteiger partial charge in [-0.1, -0.05) is 38.1 Å². The van der Waals surface area contributed by atoms with E-state index in [9.17, 15) is 14.0 Å². The molecule has 6 heteroatoms. The highest BCUT2D eigenvalue weighted by Crippen LogP contribution is 2.08. The Morgan fingerprint density at radius 2 is 1.57 bits per heavy atom. The zero-order valence-electron chi connectivity index (χ0n) is 17.7.